The van der Waals surface area contributed by atoms with Gasteiger partial charge in [0.25, 0.3) is 0 Å². The van der Waals surface area contributed by atoms with E-state index in [0.717, 1.165) is 5.56 Å². The first kappa shape index (κ1) is 14.6. The van der Waals surface area contributed by atoms with Crippen molar-refractivity contribution in [3.63, 3.8) is 0 Å². The number of rotatable bonds is 4. The number of aromatic amines is 1. The summed E-state index contributed by atoms with van der Waals surface area (Å²) in [5, 5.41) is 26.4. The van der Waals surface area contributed by atoms with Gasteiger partial charge in [0.05, 0.1) is 12.7 Å². The Morgan fingerprint density at radius 2 is 1.87 bits per heavy atom. The number of phenolic OH excluding ortho intramolecular Hbond substituents is 2. The molecule has 0 saturated carbocycles. The van der Waals surface area contributed by atoms with E-state index in [2.05, 4.69) is 15.2 Å². The summed E-state index contributed by atoms with van der Waals surface area (Å²) < 4.78 is 5.00. The van der Waals surface area contributed by atoms with Crippen LogP contribution in [0.5, 0.6) is 17.2 Å². The van der Waals surface area contributed by atoms with Crippen LogP contribution in [-0.2, 0) is 0 Å². The average molecular weight is 309 g/mol. The molecular formula is C17H15N3O3. The minimum Gasteiger partial charge on any atom is -0.507 e. The quantitative estimate of drug-likeness (QED) is 0.689. The molecule has 0 aliphatic carbocycles. The first-order chi connectivity index (χ1) is 11.2. The van der Waals surface area contributed by atoms with E-state index in [1.807, 2.05) is 6.07 Å². The van der Waals surface area contributed by atoms with E-state index >= 15 is 0 Å². The van der Waals surface area contributed by atoms with E-state index in [0.29, 0.717) is 23.0 Å². The molecule has 1 heterocycles. The van der Waals surface area contributed by atoms with Crippen LogP contribution in [0.25, 0.3) is 23.5 Å². The maximum absolute atomic E-state index is 9.81. The number of hydrogen-bond donors (Lipinski definition) is 3. The van der Waals surface area contributed by atoms with E-state index in [1.165, 1.54) is 7.11 Å². The molecule has 0 radical (unpaired) electrons. The van der Waals surface area contributed by atoms with Crippen molar-refractivity contribution < 1.29 is 14.9 Å². The Morgan fingerprint density at radius 3 is 2.61 bits per heavy atom. The van der Waals surface area contributed by atoms with Crippen LogP contribution in [0.3, 0.4) is 0 Å². The summed E-state index contributed by atoms with van der Waals surface area (Å²) in [5.41, 5.74) is 1.36. The highest BCUT2D eigenvalue weighted by Gasteiger charge is 2.08. The van der Waals surface area contributed by atoms with Gasteiger partial charge in [-0.25, -0.2) is 4.98 Å². The van der Waals surface area contributed by atoms with Gasteiger partial charge in [-0.3, -0.25) is 5.10 Å². The lowest BCUT2D eigenvalue weighted by atomic mass is 10.2. The lowest BCUT2D eigenvalue weighted by molar-refractivity contribution is 0.373. The molecule has 0 fully saturated rings. The molecule has 0 bridgehead atoms. The Bertz CT molecular complexity index is 856. The summed E-state index contributed by atoms with van der Waals surface area (Å²) in [6.45, 7) is 0. The number of nitrogens with one attached hydrogen (secondary N) is 1. The highest BCUT2D eigenvalue weighted by molar-refractivity contribution is 5.70. The molecule has 0 spiro atoms. The zero-order valence-corrected chi connectivity index (χ0v) is 12.4. The Kier molecular flexibility index (Phi) is 3.97. The third kappa shape index (κ3) is 3.16. The highest BCUT2D eigenvalue weighted by Crippen LogP contribution is 2.27. The third-order valence-electron chi connectivity index (χ3n) is 3.28. The number of phenols is 2. The fourth-order valence-corrected chi connectivity index (χ4v) is 2.12. The topological polar surface area (TPSA) is 91.3 Å². The van der Waals surface area contributed by atoms with Crippen molar-refractivity contribution in [3.8, 4) is 28.6 Å². The lowest BCUT2D eigenvalue weighted by Crippen LogP contribution is -1.83. The fourth-order valence-electron chi connectivity index (χ4n) is 2.12. The highest BCUT2D eigenvalue weighted by atomic mass is 16.5. The summed E-state index contributed by atoms with van der Waals surface area (Å²) in [5.74, 6) is 1.58. The fraction of sp³-hybridized carbons (Fsp3) is 0.0588. The SMILES string of the molecule is COc1ccc(C=Cc2nc(-c3ccccc3O)n[nH]2)cc1O. The van der Waals surface area contributed by atoms with Gasteiger partial charge in [0.1, 0.15) is 11.6 Å². The van der Waals surface area contributed by atoms with Crippen molar-refractivity contribution in [1.82, 2.24) is 15.2 Å². The second-order valence-electron chi connectivity index (χ2n) is 4.83. The van der Waals surface area contributed by atoms with Gasteiger partial charge in [-0.15, -0.1) is 0 Å². The van der Waals surface area contributed by atoms with E-state index < -0.39 is 0 Å². The van der Waals surface area contributed by atoms with Crippen molar-refractivity contribution in [3.05, 3.63) is 53.9 Å². The number of aromatic hydroxyl groups is 2. The Morgan fingerprint density at radius 1 is 1.04 bits per heavy atom. The smallest absolute Gasteiger partial charge is 0.185 e. The Labute approximate surface area is 132 Å². The molecule has 0 saturated heterocycles. The van der Waals surface area contributed by atoms with Gasteiger partial charge in [0, 0.05) is 0 Å². The Balaban J connectivity index is 1.82. The van der Waals surface area contributed by atoms with E-state index in [-0.39, 0.29) is 11.5 Å². The van der Waals surface area contributed by atoms with Crippen molar-refractivity contribution in [2.45, 2.75) is 0 Å². The van der Waals surface area contributed by atoms with E-state index in [1.54, 1.807) is 48.6 Å². The molecule has 0 aliphatic rings. The van der Waals surface area contributed by atoms with Crippen LogP contribution in [0.15, 0.2) is 42.5 Å². The van der Waals surface area contributed by atoms with Gasteiger partial charge in [-0.2, -0.15) is 5.10 Å². The van der Waals surface area contributed by atoms with Crippen molar-refractivity contribution in [2.24, 2.45) is 0 Å². The molecule has 3 rings (SSSR count). The van der Waals surface area contributed by atoms with E-state index in [9.17, 15) is 10.2 Å². The summed E-state index contributed by atoms with van der Waals surface area (Å²) in [6, 6.07) is 12.0. The van der Waals surface area contributed by atoms with Crippen molar-refractivity contribution in [1.29, 1.82) is 0 Å². The number of aromatic nitrogens is 3. The van der Waals surface area contributed by atoms with Crippen LogP contribution in [0.1, 0.15) is 11.4 Å². The normalized spacial score (nSPS) is 11.0. The minimum atomic E-state index is 0.0714. The molecule has 6 heteroatoms. The first-order valence-corrected chi connectivity index (χ1v) is 6.93. The molecule has 0 amide bonds. The molecule has 2 aromatic carbocycles. The number of benzene rings is 2. The van der Waals surface area contributed by atoms with Crippen molar-refractivity contribution >= 4 is 12.2 Å². The Hall–Kier alpha value is -3.28. The summed E-state index contributed by atoms with van der Waals surface area (Å²) in [6.07, 6.45) is 3.52. The number of nitrogens with zero attached hydrogens (tertiary/aromatic N) is 2. The average Bonchev–Trinajstić information content (AvgIpc) is 3.02. The summed E-state index contributed by atoms with van der Waals surface area (Å²) >= 11 is 0. The molecular weight excluding hydrogens is 294 g/mol. The molecule has 3 aromatic rings. The first-order valence-electron chi connectivity index (χ1n) is 6.93. The summed E-state index contributed by atoms with van der Waals surface area (Å²) in [4.78, 5) is 4.31. The predicted molar refractivity (Wildman–Crippen MR) is 87.1 cm³/mol. The van der Waals surface area contributed by atoms with Gasteiger partial charge < -0.3 is 14.9 Å². The van der Waals surface area contributed by atoms with Crippen LogP contribution >= 0.6 is 0 Å². The molecule has 6 nitrogen and oxygen atoms in total. The summed E-state index contributed by atoms with van der Waals surface area (Å²) in [7, 11) is 1.50. The monoisotopic (exact) mass is 309 g/mol. The van der Waals surface area contributed by atoms with Gasteiger partial charge >= 0.3 is 0 Å². The molecule has 3 N–H and O–H groups in total. The third-order valence-corrected chi connectivity index (χ3v) is 3.28. The van der Waals surface area contributed by atoms with Crippen LogP contribution in [0.4, 0.5) is 0 Å². The molecule has 0 unspecified atom stereocenters. The van der Waals surface area contributed by atoms with E-state index in [4.69, 9.17) is 4.74 Å². The van der Waals surface area contributed by atoms with Crippen LogP contribution < -0.4 is 4.74 Å². The van der Waals surface area contributed by atoms with Gasteiger partial charge in [0.2, 0.25) is 0 Å². The van der Waals surface area contributed by atoms with Gasteiger partial charge in [0.15, 0.2) is 17.3 Å². The minimum absolute atomic E-state index is 0.0714. The maximum Gasteiger partial charge on any atom is 0.185 e. The maximum atomic E-state index is 9.81. The number of ether oxygens (including phenoxy) is 1. The van der Waals surface area contributed by atoms with Gasteiger partial charge in [-0.1, -0.05) is 24.3 Å². The standard InChI is InChI=1S/C17H15N3O3/c1-23-15-8-6-11(10-14(15)22)7-9-16-18-17(20-19-16)12-4-2-3-5-13(12)21/h2-10,21-22H,1H3,(H,18,19,20). The second kappa shape index (κ2) is 6.23. The molecule has 116 valence electrons. The number of para-hydroxylation sites is 1. The number of methoxy groups -OCH3 is 1. The lowest BCUT2D eigenvalue weighted by Gasteiger charge is -2.02. The van der Waals surface area contributed by atoms with Crippen molar-refractivity contribution in [2.75, 3.05) is 7.11 Å². The molecule has 1 aromatic heterocycles. The zero-order chi connectivity index (χ0) is 16.2. The molecule has 23 heavy (non-hydrogen) atoms. The second-order valence-corrected chi connectivity index (χ2v) is 4.83. The van der Waals surface area contributed by atoms with Crippen LogP contribution in [-0.4, -0.2) is 32.5 Å². The van der Waals surface area contributed by atoms with Gasteiger partial charge in [-0.05, 0) is 35.9 Å². The van der Waals surface area contributed by atoms with Crippen LogP contribution in [0.2, 0.25) is 0 Å². The largest absolute Gasteiger partial charge is 0.507 e. The molecule has 0 aliphatic heterocycles. The number of hydrogen-bond acceptors (Lipinski definition) is 5. The van der Waals surface area contributed by atoms with Crippen LogP contribution in [0, 0.1) is 0 Å². The zero-order valence-electron chi connectivity index (χ0n) is 12.4. The molecule has 0 atom stereocenters. The predicted octanol–water partition coefficient (Wildman–Crippen LogP) is 3.06. The number of H-pyrrole nitrogens is 1.